The molecular formula is C15H27N3O. The van der Waals surface area contributed by atoms with Crippen molar-refractivity contribution in [2.24, 2.45) is 7.05 Å². The highest BCUT2D eigenvalue weighted by Crippen LogP contribution is 2.22. The number of carbonyl (C=O) groups excluding carboxylic acids is 1. The zero-order chi connectivity index (χ0) is 14.5. The Morgan fingerprint density at radius 1 is 1.37 bits per heavy atom. The van der Waals surface area contributed by atoms with Gasteiger partial charge in [-0.25, -0.2) is 0 Å². The van der Waals surface area contributed by atoms with Gasteiger partial charge in [0, 0.05) is 25.4 Å². The Kier molecular flexibility index (Phi) is 5.73. The van der Waals surface area contributed by atoms with Crippen LogP contribution in [0.25, 0.3) is 0 Å². The molecule has 0 aromatic carbocycles. The minimum atomic E-state index is -0.331. The molecule has 1 aromatic heterocycles. The number of nitrogens with zero attached hydrogens (tertiary/aromatic N) is 3. The van der Waals surface area contributed by atoms with Crippen LogP contribution in [-0.4, -0.2) is 39.1 Å². The molecular weight excluding hydrogens is 238 g/mol. The third-order valence-corrected chi connectivity index (χ3v) is 4.28. The van der Waals surface area contributed by atoms with Gasteiger partial charge in [0.2, 0.25) is 0 Å². The van der Waals surface area contributed by atoms with Gasteiger partial charge in [-0.05, 0) is 38.9 Å². The largest absolute Gasteiger partial charge is 0.298 e. The van der Waals surface area contributed by atoms with Gasteiger partial charge in [-0.1, -0.05) is 20.8 Å². The van der Waals surface area contributed by atoms with Crippen molar-refractivity contribution < 1.29 is 4.79 Å². The van der Waals surface area contributed by atoms with Gasteiger partial charge >= 0.3 is 0 Å². The van der Waals surface area contributed by atoms with Crippen LogP contribution in [0.2, 0.25) is 0 Å². The molecule has 4 nitrogen and oxygen atoms in total. The number of hydrogen-bond acceptors (Lipinski definition) is 3. The summed E-state index contributed by atoms with van der Waals surface area (Å²) in [5.74, 6) is 0.333. The summed E-state index contributed by atoms with van der Waals surface area (Å²) >= 11 is 0. The Morgan fingerprint density at radius 2 is 2.00 bits per heavy atom. The van der Waals surface area contributed by atoms with Gasteiger partial charge in [0.15, 0.2) is 5.78 Å². The second kappa shape index (κ2) is 6.85. The lowest BCUT2D eigenvalue weighted by atomic mass is 9.88. The molecule has 4 heteroatoms. The van der Waals surface area contributed by atoms with E-state index in [0.717, 1.165) is 31.6 Å². The molecule has 0 aliphatic heterocycles. The van der Waals surface area contributed by atoms with E-state index in [1.165, 1.54) is 0 Å². The average molecular weight is 265 g/mol. The molecule has 0 radical (unpaired) electrons. The maximum Gasteiger partial charge on any atom is 0.153 e. The van der Waals surface area contributed by atoms with Gasteiger partial charge in [-0.2, -0.15) is 5.10 Å². The smallest absolute Gasteiger partial charge is 0.153 e. The lowest BCUT2D eigenvalue weighted by Crippen LogP contribution is -2.52. The monoisotopic (exact) mass is 265 g/mol. The summed E-state index contributed by atoms with van der Waals surface area (Å²) in [6, 6.07) is 1.98. The van der Waals surface area contributed by atoms with Gasteiger partial charge in [0.05, 0.1) is 5.54 Å². The van der Waals surface area contributed by atoms with Crippen molar-refractivity contribution >= 4 is 5.78 Å². The molecule has 0 aliphatic rings. The molecule has 0 saturated heterocycles. The molecule has 0 bridgehead atoms. The maximum atomic E-state index is 12.6. The molecule has 108 valence electrons. The summed E-state index contributed by atoms with van der Waals surface area (Å²) in [4.78, 5) is 14.9. The van der Waals surface area contributed by atoms with Crippen molar-refractivity contribution in [1.82, 2.24) is 14.7 Å². The SMILES string of the molecule is CCN(CC)C(C)(CC)C(=O)CCc1ccnn1C. The molecule has 0 N–H and O–H groups in total. The molecule has 0 spiro atoms. The van der Waals surface area contributed by atoms with Crippen LogP contribution in [0, 0.1) is 0 Å². The quantitative estimate of drug-likeness (QED) is 0.724. The summed E-state index contributed by atoms with van der Waals surface area (Å²) in [5.41, 5.74) is 0.786. The minimum Gasteiger partial charge on any atom is -0.298 e. The van der Waals surface area contributed by atoms with Gasteiger partial charge in [-0.15, -0.1) is 0 Å². The van der Waals surface area contributed by atoms with E-state index in [0.29, 0.717) is 12.2 Å². The second-order valence-corrected chi connectivity index (χ2v) is 5.17. The van der Waals surface area contributed by atoms with Gasteiger partial charge < -0.3 is 0 Å². The molecule has 1 unspecified atom stereocenters. The molecule has 1 aromatic rings. The van der Waals surface area contributed by atoms with E-state index in [1.54, 1.807) is 6.20 Å². The fourth-order valence-corrected chi connectivity index (χ4v) is 2.68. The van der Waals surface area contributed by atoms with Crippen LogP contribution in [0.15, 0.2) is 12.3 Å². The highest BCUT2D eigenvalue weighted by molar-refractivity contribution is 5.88. The van der Waals surface area contributed by atoms with Crippen molar-refractivity contribution in [2.45, 2.75) is 52.5 Å². The first kappa shape index (κ1) is 15.9. The predicted molar refractivity (Wildman–Crippen MR) is 78.2 cm³/mol. The van der Waals surface area contributed by atoms with Crippen LogP contribution in [0.1, 0.15) is 46.2 Å². The third-order valence-electron chi connectivity index (χ3n) is 4.28. The fourth-order valence-electron chi connectivity index (χ4n) is 2.68. The number of aryl methyl sites for hydroxylation is 2. The molecule has 1 atom stereocenters. The molecule has 1 rings (SSSR count). The van der Waals surface area contributed by atoms with Crippen molar-refractivity contribution in [3.8, 4) is 0 Å². The number of hydrogen-bond donors (Lipinski definition) is 0. The Morgan fingerprint density at radius 3 is 2.42 bits per heavy atom. The van der Waals surface area contributed by atoms with Crippen LogP contribution in [-0.2, 0) is 18.3 Å². The van der Waals surface area contributed by atoms with Crippen LogP contribution in [0.3, 0.4) is 0 Å². The second-order valence-electron chi connectivity index (χ2n) is 5.17. The van der Waals surface area contributed by atoms with Gasteiger partial charge in [0.25, 0.3) is 0 Å². The molecule has 19 heavy (non-hydrogen) atoms. The number of ketones is 1. The highest BCUT2D eigenvalue weighted by Gasteiger charge is 2.35. The molecule has 0 fully saturated rings. The standard InChI is InChI=1S/C15H27N3O/c1-6-15(4,18(7-2)8-3)14(19)10-9-13-11-12-16-17(13)5/h11-12H,6-10H2,1-5H3. The molecule has 0 aliphatic carbocycles. The van der Waals surface area contributed by atoms with Gasteiger partial charge in [-0.3, -0.25) is 14.4 Å². The molecule has 1 heterocycles. The highest BCUT2D eigenvalue weighted by atomic mass is 16.1. The van der Waals surface area contributed by atoms with Crippen LogP contribution < -0.4 is 0 Å². The zero-order valence-electron chi connectivity index (χ0n) is 12.9. The molecule has 0 amide bonds. The molecule has 0 saturated carbocycles. The van der Waals surface area contributed by atoms with Crippen LogP contribution >= 0.6 is 0 Å². The Balaban J connectivity index is 2.71. The normalized spacial score (nSPS) is 14.6. The number of Topliss-reactive ketones (excluding diaryl/α,β-unsaturated/α-hetero) is 1. The van der Waals surface area contributed by atoms with Crippen LogP contribution in [0.5, 0.6) is 0 Å². The first-order valence-electron chi connectivity index (χ1n) is 7.24. The number of aromatic nitrogens is 2. The van der Waals surface area contributed by atoms with Crippen molar-refractivity contribution in [3.63, 3.8) is 0 Å². The number of carbonyl (C=O) groups is 1. The summed E-state index contributed by atoms with van der Waals surface area (Å²) in [6.07, 6.45) is 3.99. The lowest BCUT2D eigenvalue weighted by molar-refractivity contribution is -0.130. The van der Waals surface area contributed by atoms with Gasteiger partial charge in [0.1, 0.15) is 0 Å². The predicted octanol–water partition coefficient (Wildman–Crippen LogP) is 2.43. The summed E-state index contributed by atoms with van der Waals surface area (Å²) in [6.45, 7) is 10.2. The van der Waals surface area contributed by atoms with Crippen LogP contribution in [0.4, 0.5) is 0 Å². The maximum absolute atomic E-state index is 12.6. The van der Waals surface area contributed by atoms with Crippen molar-refractivity contribution in [1.29, 1.82) is 0 Å². The Labute approximate surface area is 116 Å². The van der Waals surface area contributed by atoms with E-state index in [4.69, 9.17) is 0 Å². The average Bonchev–Trinajstić information content (AvgIpc) is 2.82. The number of likely N-dealkylation sites (N-methyl/N-ethyl adjacent to an activating group) is 1. The Hall–Kier alpha value is -1.16. The van der Waals surface area contributed by atoms with E-state index in [-0.39, 0.29) is 5.54 Å². The lowest BCUT2D eigenvalue weighted by Gasteiger charge is -2.38. The van der Waals surface area contributed by atoms with E-state index in [1.807, 2.05) is 17.8 Å². The number of rotatable bonds is 8. The van der Waals surface area contributed by atoms with E-state index < -0.39 is 0 Å². The van der Waals surface area contributed by atoms with Crippen molar-refractivity contribution in [2.75, 3.05) is 13.1 Å². The first-order valence-corrected chi connectivity index (χ1v) is 7.24. The van der Waals surface area contributed by atoms with E-state index in [9.17, 15) is 4.79 Å². The first-order chi connectivity index (χ1) is 8.99. The van der Waals surface area contributed by atoms with Crippen molar-refractivity contribution in [3.05, 3.63) is 18.0 Å². The Bertz CT molecular complexity index is 409. The summed E-state index contributed by atoms with van der Waals surface area (Å²) in [5, 5.41) is 4.14. The summed E-state index contributed by atoms with van der Waals surface area (Å²) in [7, 11) is 1.92. The topological polar surface area (TPSA) is 38.1 Å². The summed E-state index contributed by atoms with van der Waals surface area (Å²) < 4.78 is 1.84. The zero-order valence-corrected chi connectivity index (χ0v) is 12.9. The minimum absolute atomic E-state index is 0.331. The fraction of sp³-hybridized carbons (Fsp3) is 0.733. The third kappa shape index (κ3) is 3.44. The van der Waals surface area contributed by atoms with E-state index >= 15 is 0 Å². The van der Waals surface area contributed by atoms with E-state index in [2.05, 4.69) is 37.7 Å².